The van der Waals surface area contributed by atoms with Gasteiger partial charge in [0.15, 0.2) is 0 Å². The molecule has 3 nitrogen and oxygen atoms in total. The molecule has 1 saturated heterocycles. The van der Waals surface area contributed by atoms with E-state index in [2.05, 4.69) is 51.2 Å². The van der Waals surface area contributed by atoms with Gasteiger partial charge in [0, 0.05) is 45.5 Å². The van der Waals surface area contributed by atoms with Crippen LogP contribution in [-0.4, -0.2) is 47.5 Å². The third-order valence-corrected chi connectivity index (χ3v) is 4.11. The molecule has 2 aromatic rings. The van der Waals surface area contributed by atoms with Crippen molar-refractivity contribution in [2.75, 3.05) is 32.7 Å². The Hall–Kier alpha value is -2.04. The summed E-state index contributed by atoms with van der Waals surface area (Å²) in [6, 6.07) is 11.9. The Morgan fingerprint density at radius 2 is 1.74 bits per heavy atom. The largest absolute Gasteiger partial charge is 0.297 e. The van der Waals surface area contributed by atoms with Crippen molar-refractivity contribution in [3.63, 3.8) is 0 Å². The molecule has 0 bridgehead atoms. The van der Waals surface area contributed by atoms with Gasteiger partial charge < -0.3 is 0 Å². The minimum Gasteiger partial charge on any atom is -0.297 e. The van der Waals surface area contributed by atoms with Gasteiger partial charge in [-0.2, -0.15) is 0 Å². The first kappa shape index (κ1) is 15.8. The van der Waals surface area contributed by atoms with Crippen LogP contribution in [-0.2, 0) is 6.54 Å². The molecule has 0 aliphatic carbocycles. The zero-order valence-electron chi connectivity index (χ0n) is 13.2. The van der Waals surface area contributed by atoms with Gasteiger partial charge in [-0.25, -0.2) is 4.39 Å². The summed E-state index contributed by atoms with van der Waals surface area (Å²) in [5.41, 5.74) is 2.19. The summed E-state index contributed by atoms with van der Waals surface area (Å²) in [6.07, 6.45) is 7.39. The van der Waals surface area contributed by atoms with Crippen molar-refractivity contribution in [2.45, 2.75) is 6.54 Å². The van der Waals surface area contributed by atoms with Crippen molar-refractivity contribution in [2.24, 2.45) is 0 Å². The molecule has 0 unspecified atom stereocenters. The van der Waals surface area contributed by atoms with E-state index in [0.717, 1.165) is 44.8 Å². The SMILES string of the molecule is Fc1cncc(CN2CCN(CC=Cc3ccccc3)CC2)c1. The summed E-state index contributed by atoms with van der Waals surface area (Å²) in [6.45, 7) is 5.86. The number of rotatable bonds is 5. The van der Waals surface area contributed by atoms with Gasteiger partial charge in [0.2, 0.25) is 0 Å². The standard InChI is InChI=1S/C19H22FN3/c20-19-13-18(14-21-15-19)16-23-11-9-22(10-12-23)8-4-7-17-5-2-1-3-6-17/h1-7,13-15H,8-12,16H2. The Bertz CT molecular complexity index is 634. The van der Waals surface area contributed by atoms with Crippen molar-refractivity contribution in [1.29, 1.82) is 0 Å². The maximum absolute atomic E-state index is 13.2. The van der Waals surface area contributed by atoms with Crippen LogP contribution in [0.1, 0.15) is 11.1 Å². The fourth-order valence-electron chi connectivity index (χ4n) is 2.83. The predicted molar refractivity (Wildman–Crippen MR) is 91.4 cm³/mol. The second kappa shape index (κ2) is 7.99. The molecule has 2 heterocycles. The maximum atomic E-state index is 13.2. The summed E-state index contributed by atoms with van der Waals surface area (Å²) in [5, 5.41) is 0. The first-order valence-corrected chi connectivity index (χ1v) is 8.05. The number of piperazine rings is 1. The second-order valence-corrected chi connectivity index (χ2v) is 5.90. The Morgan fingerprint density at radius 1 is 1.00 bits per heavy atom. The molecule has 0 atom stereocenters. The monoisotopic (exact) mass is 311 g/mol. The highest BCUT2D eigenvalue weighted by Gasteiger charge is 2.16. The molecular formula is C19H22FN3. The van der Waals surface area contributed by atoms with E-state index in [1.165, 1.54) is 11.8 Å². The molecule has 1 fully saturated rings. The molecule has 1 aliphatic heterocycles. The number of hydrogen-bond acceptors (Lipinski definition) is 3. The molecule has 1 aromatic heterocycles. The highest BCUT2D eigenvalue weighted by molar-refractivity contribution is 5.48. The quantitative estimate of drug-likeness (QED) is 0.846. The Kier molecular flexibility index (Phi) is 5.51. The third-order valence-electron chi connectivity index (χ3n) is 4.11. The van der Waals surface area contributed by atoms with E-state index in [9.17, 15) is 4.39 Å². The maximum Gasteiger partial charge on any atom is 0.141 e. The van der Waals surface area contributed by atoms with Crippen LogP contribution in [0.4, 0.5) is 4.39 Å². The van der Waals surface area contributed by atoms with Crippen LogP contribution in [0, 0.1) is 5.82 Å². The average molecular weight is 311 g/mol. The second-order valence-electron chi connectivity index (χ2n) is 5.90. The van der Waals surface area contributed by atoms with Crippen molar-refractivity contribution >= 4 is 6.08 Å². The van der Waals surface area contributed by atoms with Crippen LogP contribution < -0.4 is 0 Å². The van der Waals surface area contributed by atoms with E-state index in [-0.39, 0.29) is 5.82 Å². The van der Waals surface area contributed by atoms with Gasteiger partial charge in [-0.3, -0.25) is 14.8 Å². The van der Waals surface area contributed by atoms with E-state index in [1.807, 2.05) is 6.07 Å². The van der Waals surface area contributed by atoms with Gasteiger partial charge in [-0.15, -0.1) is 0 Å². The summed E-state index contributed by atoms with van der Waals surface area (Å²) in [4.78, 5) is 8.71. The molecule has 0 radical (unpaired) electrons. The fraction of sp³-hybridized carbons (Fsp3) is 0.316. The number of halogens is 1. The Balaban J connectivity index is 1.42. The number of pyridine rings is 1. The first-order chi connectivity index (χ1) is 11.3. The topological polar surface area (TPSA) is 19.4 Å². The van der Waals surface area contributed by atoms with Gasteiger partial charge >= 0.3 is 0 Å². The zero-order valence-corrected chi connectivity index (χ0v) is 13.2. The van der Waals surface area contributed by atoms with Crippen molar-refractivity contribution in [3.8, 4) is 0 Å². The van der Waals surface area contributed by atoms with Crippen LogP contribution >= 0.6 is 0 Å². The predicted octanol–water partition coefficient (Wildman–Crippen LogP) is 3.05. The molecule has 0 amide bonds. The van der Waals surface area contributed by atoms with E-state index in [4.69, 9.17) is 0 Å². The van der Waals surface area contributed by atoms with E-state index in [1.54, 1.807) is 12.3 Å². The molecule has 0 N–H and O–H groups in total. The highest BCUT2D eigenvalue weighted by atomic mass is 19.1. The van der Waals surface area contributed by atoms with E-state index >= 15 is 0 Å². The van der Waals surface area contributed by atoms with Crippen molar-refractivity contribution in [3.05, 3.63) is 71.8 Å². The van der Waals surface area contributed by atoms with Crippen LogP contribution in [0.25, 0.3) is 6.08 Å². The van der Waals surface area contributed by atoms with Crippen LogP contribution in [0.5, 0.6) is 0 Å². The molecule has 1 aliphatic rings. The lowest BCUT2D eigenvalue weighted by molar-refractivity contribution is 0.137. The smallest absolute Gasteiger partial charge is 0.141 e. The van der Waals surface area contributed by atoms with Crippen molar-refractivity contribution in [1.82, 2.24) is 14.8 Å². The average Bonchev–Trinajstić information content (AvgIpc) is 2.58. The van der Waals surface area contributed by atoms with Gasteiger partial charge in [-0.1, -0.05) is 42.5 Å². The summed E-state index contributed by atoms with van der Waals surface area (Å²) < 4.78 is 13.2. The lowest BCUT2D eigenvalue weighted by Gasteiger charge is -2.34. The Labute approximate surface area is 137 Å². The third kappa shape index (κ3) is 4.98. The van der Waals surface area contributed by atoms with Crippen LogP contribution in [0.3, 0.4) is 0 Å². The van der Waals surface area contributed by atoms with Gasteiger partial charge in [0.25, 0.3) is 0 Å². The normalized spacial score (nSPS) is 16.9. The van der Waals surface area contributed by atoms with Crippen LogP contribution in [0.15, 0.2) is 54.9 Å². The van der Waals surface area contributed by atoms with Crippen molar-refractivity contribution < 1.29 is 4.39 Å². The van der Waals surface area contributed by atoms with Gasteiger partial charge in [-0.05, 0) is 17.2 Å². The number of benzene rings is 1. The lowest BCUT2D eigenvalue weighted by atomic mass is 10.2. The van der Waals surface area contributed by atoms with E-state index in [0.29, 0.717) is 0 Å². The summed E-state index contributed by atoms with van der Waals surface area (Å²) in [7, 11) is 0. The number of nitrogens with zero attached hydrogens (tertiary/aromatic N) is 3. The Morgan fingerprint density at radius 3 is 2.48 bits per heavy atom. The minimum absolute atomic E-state index is 0.257. The minimum atomic E-state index is -0.257. The zero-order chi connectivity index (χ0) is 15.9. The molecule has 1 aromatic carbocycles. The summed E-state index contributed by atoms with van der Waals surface area (Å²) >= 11 is 0. The number of hydrogen-bond donors (Lipinski definition) is 0. The molecule has 4 heteroatoms. The first-order valence-electron chi connectivity index (χ1n) is 8.05. The molecule has 23 heavy (non-hydrogen) atoms. The summed E-state index contributed by atoms with van der Waals surface area (Å²) in [5.74, 6) is -0.257. The molecule has 120 valence electrons. The fourth-order valence-corrected chi connectivity index (χ4v) is 2.83. The molecule has 3 rings (SSSR count). The van der Waals surface area contributed by atoms with Gasteiger partial charge in [0.1, 0.15) is 5.82 Å². The van der Waals surface area contributed by atoms with Crippen LogP contribution in [0.2, 0.25) is 0 Å². The van der Waals surface area contributed by atoms with E-state index < -0.39 is 0 Å². The highest BCUT2D eigenvalue weighted by Crippen LogP contribution is 2.09. The molecule has 0 spiro atoms. The molecular weight excluding hydrogens is 289 g/mol. The van der Waals surface area contributed by atoms with Gasteiger partial charge in [0.05, 0.1) is 6.20 Å². The molecule has 0 saturated carbocycles. The lowest BCUT2D eigenvalue weighted by Crippen LogP contribution is -2.45. The number of aromatic nitrogens is 1.